The first kappa shape index (κ1) is 16.1. The van der Waals surface area contributed by atoms with Gasteiger partial charge in [0, 0.05) is 16.7 Å². The average molecular weight is 374 g/mol. The summed E-state index contributed by atoms with van der Waals surface area (Å²) in [5.74, 6) is 1.13. The van der Waals surface area contributed by atoms with Gasteiger partial charge in [0.2, 0.25) is 0 Å². The van der Waals surface area contributed by atoms with Crippen molar-refractivity contribution >= 4 is 27.5 Å². The van der Waals surface area contributed by atoms with Gasteiger partial charge in [0.15, 0.2) is 6.61 Å². The van der Waals surface area contributed by atoms with Gasteiger partial charge in [-0.05, 0) is 47.7 Å². The highest BCUT2D eigenvalue weighted by Crippen LogP contribution is 2.30. The first-order chi connectivity index (χ1) is 11.1. The maximum Gasteiger partial charge on any atom is 0.264 e. The van der Waals surface area contributed by atoms with Gasteiger partial charge in [-0.2, -0.15) is 0 Å². The van der Waals surface area contributed by atoms with E-state index in [-0.39, 0.29) is 12.5 Å². The van der Waals surface area contributed by atoms with Crippen LogP contribution in [0.1, 0.15) is 30.9 Å². The number of ether oxygens (including phenoxy) is 1. The number of halogens is 1. The van der Waals surface area contributed by atoms with Crippen LogP contribution in [0.15, 0.2) is 46.9 Å². The number of hydrogen-bond donors (Lipinski definition) is 0. The Morgan fingerprint density at radius 1 is 1.26 bits per heavy atom. The van der Waals surface area contributed by atoms with Crippen LogP contribution in [0.3, 0.4) is 0 Å². The standard InChI is InChI=1S/C19H20BrNO2/c1-13(2)16-11-15(20)7-8-18(16)23-12-19(22)21-10-9-14-5-3-4-6-17(14)21/h3-8,11,13H,9-10,12H2,1-2H3. The predicted octanol–water partition coefficient (Wildman–Crippen LogP) is 4.54. The van der Waals surface area contributed by atoms with Crippen molar-refractivity contribution in [2.75, 3.05) is 18.1 Å². The van der Waals surface area contributed by atoms with Gasteiger partial charge < -0.3 is 9.64 Å². The van der Waals surface area contributed by atoms with E-state index in [9.17, 15) is 4.79 Å². The minimum atomic E-state index is 0.00701. The molecule has 0 atom stereocenters. The molecule has 0 N–H and O–H groups in total. The van der Waals surface area contributed by atoms with Gasteiger partial charge in [-0.1, -0.05) is 48.0 Å². The van der Waals surface area contributed by atoms with Crippen molar-refractivity contribution in [3.8, 4) is 5.75 Å². The zero-order chi connectivity index (χ0) is 16.4. The molecule has 4 heteroatoms. The van der Waals surface area contributed by atoms with Crippen molar-refractivity contribution in [2.45, 2.75) is 26.2 Å². The molecule has 2 aromatic carbocycles. The molecule has 2 aromatic rings. The number of carbonyl (C=O) groups excluding carboxylic acids is 1. The number of anilines is 1. The van der Waals surface area contributed by atoms with Gasteiger partial charge in [-0.15, -0.1) is 0 Å². The van der Waals surface area contributed by atoms with Crippen LogP contribution in [0.2, 0.25) is 0 Å². The third-order valence-electron chi connectivity index (χ3n) is 4.13. The van der Waals surface area contributed by atoms with Crippen LogP contribution in [0.4, 0.5) is 5.69 Å². The molecule has 1 heterocycles. The molecule has 3 rings (SSSR count). The Bertz CT molecular complexity index is 727. The molecule has 120 valence electrons. The summed E-state index contributed by atoms with van der Waals surface area (Å²) in [4.78, 5) is 14.3. The molecule has 1 aliphatic rings. The Morgan fingerprint density at radius 2 is 2.04 bits per heavy atom. The number of hydrogen-bond acceptors (Lipinski definition) is 2. The SMILES string of the molecule is CC(C)c1cc(Br)ccc1OCC(=O)N1CCc2ccccc21. The summed E-state index contributed by atoms with van der Waals surface area (Å²) >= 11 is 3.49. The highest BCUT2D eigenvalue weighted by molar-refractivity contribution is 9.10. The minimum Gasteiger partial charge on any atom is -0.483 e. The van der Waals surface area contributed by atoms with E-state index >= 15 is 0 Å². The topological polar surface area (TPSA) is 29.5 Å². The summed E-state index contributed by atoms with van der Waals surface area (Å²) in [5.41, 5.74) is 3.35. The molecule has 0 radical (unpaired) electrons. The van der Waals surface area contributed by atoms with Gasteiger partial charge in [-0.25, -0.2) is 0 Å². The molecule has 0 unspecified atom stereocenters. The average Bonchev–Trinajstić information content (AvgIpc) is 2.97. The molecule has 23 heavy (non-hydrogen) atoms. The Kier molecular flexibility index (Phi) is 4.71. The van der Waals surface area contributed by atoms with Gasteiger partial charge in [0.05, 0.1) is 0 Å². The molecule has 0 spiro atoms. The fourth-order valence-corrected chi connectivity index (χ4v) is 3.30. The van der Waals surface area contributed by atoms with E-state index in [4.69, 9.17) is 4.74 Å². The van der Waals surface area contributed by atoms with Gasteiger partial charge in [-0.3, -0.25) is 4.79 Å². The summed E-state index contributed by atoms with van der Waals surface area (Å²) in [7, 11) is 0. The maximum absolute atomic E-state index is 12.5. The van der Waals surface area contributed by atoms with E-state index in [1.54, 1.807) is 0 Å². The zero-order valence-electron chi connectivity index (χ0n) is 13.4. The lowest BCUT2D eigenvalue weighted by Gasteiger charge is -2.19. The largest absolute Gasteiger partial charge is 0.483 e. The molecule has 0 aliphatic carbocycles. The van der Waals surface area contributed by atoms with Gasteiger partial charge >= 0.3 is 0 Å². The second kappa shape index (κ2) is 6.75. The van der Waals surface area contributed by atoms with Crippen LogP contribution in [-0.4, -0.2) is 19.1 Å². The van der Waals surface area contributed by atoms with E-state index in [0.29, 0.717) is 5.92 Å². The van der Waals surface area contributed by atoms with E-state index in [0.717, 1.165) is 34.4 Å². The number of fused-ring (bicyclic) bond motifs is 1. The minimum absolute atomic E-state index is 0.00701. The Hall–Kier alpha value is -1.81. The third kappa shape index (κ3) is 3.42. The Balaban J connectivity index is 1.71. The molecule has 3 nitrogen and oxygen atoms in total. The van der Waals surface area contributed by atoms with Crippen LogP contribution >= 0.6 is 15.9 Å². The summed E-state index contributed by atoms with van der Waals surface area (Å²) < 4.78 is 6.85. The summed E-state index contributed by atoms with van der Waals surface area (Å²) in [6, 6.07) is 14.0. The molecule has 1 aliphatic heterocycles. The van der Waals surface area contributed by atoms with Crippen molar-refractivity contribution < 1.29 is 9.53 Å². The molecule has 1 amide bonds. The van der Waals surface area contributed by atoms with Crippen molar-refractivity contribution in [3.63, 3.8) is 0 Å². The smallest absolute Gasteiger partial charge is 0.264 e. The molecule has 0 saturated carbocycles. The van der Waals surface area contributed by atoms with E-state index < -0.39 is 0 Å². The van der Waals surface area contributed by atoms with Gasteiger partial charge in [0.25, 0.3) is 5.91 Å². The number of nitrogens with zero attached hydrogens (tertiary/aromatic N) is 1. The molecular weight excluding hydrogens is 354 g/mol. The van der Waals surface area contributed by atoms with E-state index in [2.05, 4.69) is 41.9 Å². The lowest BCUT2D eigenvalue weighted by molar-refractivity contribution is -0.120. The number of carbonyl (C=O) groups is 1. The maximum atomic E-state index is 12.5. The molecule has 0 fully saturated rings. The quantitative estimate of drug-likeness (QED) is 0.786. The van der Waals surface area contributed by atoms with Crippen LogP contribution in [0.5, 0.6) is 5.75 Å². The number of benzene rings is 2. The number of rotatable bonds is 4. The highest BCUT2D eigenvalue weighted by atomic mass is 79.9. The van der Waals surface area contributed by atoms with Crippen LogP contribution in [-0.2, 0) is 11.2 Å². The summed E-state index contributed by atoms with van der Waals surface area (Å²) in [6.07, 6.45) is 0.914. The normalized spacial score (nSPS) is 13.3. The highest BCUT2D eigenvalue weighted by Gasteiger charge is 2.24. The predicted molar refractivity (Wildman–Crippen MR) is 96.2 cm³/mol. The fraction of sp³-hybridized carbons (Fsp3) is 0.316. The second-order valence-electron chi connectivity index (χ2n) is 6.05. The zero-order valence-corrected chi connectivity index (χ0v) is 15.0. The number of amides is 1. The van der Waals surface area contributed by atoms with Crippen LogP contribution < -0.4 is 9.64 Å². The van der Waals surface area contributed by atoms with Crippen LogP contribution in [0, 0.1) is 0 Å². The molecular formula is C19H20BrNO2. The molecule has 0 aromatic heterocycles. The Labute approximate surface area is 145 Å². The van der Waals surface area contributed by atoms with Crippen molar-refractivity contribution in [3.05, 3.63) is 58.1 Å². The lowest BCUT2D eigenvalue weighted by atomic mass is 10.0. The second-order valence-corrected chi connectivity index (χ2v) is 6.97. The lowest BCUT2D eigenvalue weighted by Crippen LogP contribution is -2.33. The van der Waals surface area contributed by atoms with E-state index in [1.165, 1.54) is 5.56 Å². The van der Waals surface area contributed by atoms with Gasteiger partial charge in [0.1, 0.15) is 5.75 Å². The summed E-state index contributed by atoms with van der Waals surface area (Å²) in [5, 5.41) is 0. The third-order valence-corrected chi connectivity index (χ3v) is 4.63. The molecule has 0 saturated heterocycles. The van der Waals surface area contributed by atoms with Crippen molar-refractivity contribution in [1.29, 1.82) is 0 Å². The first-order valence-corrected chi connectivity index (χ1v) is 8.66. The summed E-state index contributed by atoms with van der Waals surface area (Å²) in [6.45, 7) is 5.04. The van der Waals surface area contributed by atoms with Crippen molar-refractivity contribution in [1.82, 2.24) is 0 Å². The monoisotopic (exact) mass is 373 g/mol. The van der Waals surface area contributed by atoms with Crippen LogP contribution in [0.25, 0.3) is 0 Å². The molecule has 0 bridgehead atoms. The number of para-hydroxylation sites is 1. The fourth-order valence-electron chi connectivity index (χ4n) is 2.92. The Morgan fingerprint density at radius 3 is 2.83 bits per heavy atom. The van der Waals surface area contributed by atoms with E-state index in [1.807, 2.05) is 35.2 Å². The van der Waals surface area contributed by atoms with Crippen molar-refractivity contribution in [2.24, 2.45) is 0 Å². The first-order valence-electron chi connectivity index (χ1n) is 7.87.